The van der Waals surface area contributed by atoms with Crippen LogP contribution in [-0.2, 0) is 6.42 Å². The molecular weight excluding hydrogens is 417 g/mol. The van der Waals surface area contributed by atoms with Crippen LogP contribution in [0.1, 0.15) is 17.1 Å². The normalized spacial score (nSPS) is 11.3. The zero-order valence-corrected chi connectivity index (χ0v) is 17.1. The van der Waals surface area contributed by atoms with Crippen LogP contribution in [-0.4, -0.2) is 30.5 Å². The van der Waals surface area contributed by atoms with Crippen molar-refractivity contribution in [3.8, 4) is 5.69 Å². The molecule has 0 amide bonds. The van der Waals surface area contributed by atoms with Crippen molar-refractivity contribution < 1.29 is 4.39 Å². The van der Waals surface area contributed by atoms with Crippen molar-refractivity contribution in [1.82, 2.24) is 24.7 Å². The van der Waals surface area contributed by atoms with Gasteiger partial charge in [0, 0.05) is 29.6 Å². The Morgan fingerprint density at radius 2 is 1.77 bits per heavy atom. The number of aromatic nitrogens is 5. The van der Waals surface area contributed by atoms with Crippen LogP contribution in [0.3, 0.4) is 0 Å². The van der Waals surface area contributed by atoms with E-state index in [1.807, 2.05) is 42.5 Å². The average Bonchev–Trinajstić information content (AvgIpc) is 3.14. The molecule has 0 bridgehead atoms. The molecule has 0 saturated heterocycles. The van der Waals surface area contributed by atoms with Crippen molar-refractivity contribution >= 4 is 17.8 Å². The molecule has 0 aliphatic heterocycles. The number of nitrogens with zero attached hydrogens (tertiary/aromatic N) is 3. The highest BCUT2D eigenvalue weighted by molar-refractivity contribution is 7.99. The van der Waals surface area contributed by atoms with Crippen molar-refractivity contribution in [3.63, 3.8) is 0 Å². The van der Waals surface area contributed by atoms with E-state index in [1.54, 1.807) is 16.7 Å². The van der Waals surface area contributed by atoms with Gasteiger partial charge in [0.25, 0.3) is 5.56 Å². The predicted octanol–water partition coefficient (Wildman–Crippen LogP) is 3.18. The molecule has 0 saturated carbocycles. The van der Waals surface area contributed by atoms with E-state index in [0.717, 1.165) is 5.56 Å². The third kappa shape index (κ3) is 5.26. The highest BCUT2D eigenvalue weighted by atomic mass is 32.2. The molecule has 0 radical (unpaired) electrons. The minimum absolute atomic E-state index is 0.184. The first kappa shape index (κ1) is 20.5. The fraction of sp³-hybridized carbons (Fsp3) is 0.0909. The number of aromatic amines is 2. The average molecular weight is 435 g/mol. The standard InChI is InChI=1S/C22H18FN5O2S/c23-16-8-10-18(11-9-16)28-19(13-17-14-20(29)25-21(30)24-17)26-27-22(28)31-12-4-7-15-5-2-1-3-6-15/h1-11,14H,12-13H2,(H2,24,25,29,30)/b7-4+. The lowest BCUT2D eigenvalue weighted by molar-refractivity contribution is 0.627. The van der Waals surface area contributed by atoms with Crippen LogP contribution < -0.4 is 11.2 Å². The lowest BCUT2D eigenvalue weighted by Crippen LogP contribution is -2.23. The van der Waals surface area contributed by atoms with Crippen LogP contribution in [0.5, 0.6) is 0 Å². The summed E-state index contributed by atoms with van der Waals surface area (Å²) in [5.41, 5.74) is 1.11. The third-order valence-electron chi connectivity index (χ3n) is 4.37. The maximum atomic E-state index is 13.4. The lowest BCUT2D eigenvalue weighted by Gasteiger charge is -2.10. The van der Waals surface area contributed by atoms with E-state index in [9.17, 15) is 14.0 Å². The molecule has 0 fully saturated rings. The van der Waals surface area contributed by atoms with Gasteiger partial charge >= 0.3 is 5.69 Å². The van der Waals surface area contributed by atoms with Crippen LogP contribution in [0.15, 0.2) is 81.5 Å². The third-order valence-corrected chi connectivity index (χ3v) is 5.25. The number of H-pyrrole nitrogens is 2. The van der Waals surface area contributed by atoms with Crippen molar-refractivity contribution in [2.24, 2.45) is 0 Å². The molecule has 0 atom stereocenters. The summed E-state index contributed by atoms with van der Waals surface area (Å²) in [6.07, 6.45) is 4.23. The quantitative estimate of drug-likeness (QED) is 0.435. The number of thioether (sulfide) groups is 1. The van der Waals surface area contributed by atoms with Gasteiger partial charge in [0.05, 0.1) is 0 Å². The summed E-state index contributed by atoms with van der Waals surface area (Å²) in [5.74, 6) is 0.815. The van der Waals surface area contributed by atoms with E-state index < -0.39 is 11.2 Å². The molecule has 7 nitrogen and oxygen atoms in total. The van der Waals surface area contributed by atoms with Crippen LogP contribution in [0.2, 0.25) is 0 Å². The highest BCUT2D eigenvalue weighted by Crippen LogP contribution is 2.23. The van der Waals surface area contributed by atoms with Gasteiger partial charge < -0.3 is 4.98 Å². The summed E-state index contributed by atoms with van der Waals surface area (Å²) < 4.78 is 15.2. The lowest BCUT2D eigenvalue weighted by atomic mass is 10.2. The number of rotatable bonds is 7. The monoisotopic (exact) mass is 435 g/mol. The van der Waals surface area contributed by atoms with E-state index >= 15 is 0 Å². The van der Waals surface area contributed by atoms with Crippen LogP contribution in [0.25, 0.3) is 11.8 Å². The molecule has 0 aliphatic carbocycles. The van der Waals surface area contributed by atoms with Gasteiger partial charge in [-0.25, -0.2) is 9.18 Å². The van der Waals surface area contributed by atoms with Gasteiger partial charge in [0.1, 0.15) is 11.6 Å². The number of benzene rings is 2. The largest absolute Gasteiger partial charge is 0.325 e. The zero-order chi connectivity index (χ0) is 21.6. The van der Waals surface area contributed by atoms with E-state index in [4.69, 9.17) is 0 Å². The Kier molecular flexibility index (Phi) is 6.23. The summed E-state index contributed by atoms with van der Waals surface area (Å²) in [6, 6.07) is 17.2. The maximum Gasteiger partial charge on any atom is 0.325 e. The fourth-order valence-electron chi connectivity index (χ4n) is 3.01. The highest BCUT2D eigenvalue weighted by Gasteiger charge is 2.15. The van der Waals surface area contributed by atoms with E-state index in [-0.39, 0.29) is 12.2 Å². The summed E-state index contributed by atoms with van der Waals surface area (Å²) in [7, 11) is 0. The number of hydrogen-bond donors (Lipinski definition) is 2. The molecular formula is C22H18FN5O2S. The first-order chi connectivity index (χ1) is 15.1. The van der Waals surface area contributed by atoms with Gasteiger partial charge in [0.15, 0.2) is 5.16 Å². The maximum absolute atomic E-state index is 13.4. The second-order valence-electron chi connectivity index (χ2n) is 6.62. The SMILES string of the molecule is O=c1cc(Cc2nnc(SC/C=C/c3ccccc3)n2-c2ccc(F)cc2)[nH]c(=O)[nH]1. The summed E-state index contributed by atoms with van der Waals surface area (Å²) >= 11 is 1.47. The molecule has 4 rings (SSSR count). The number of hydrogen-bond acceptors (Lipinski definition) is 5. The van der Waals surface area contributed by atoms with Crippen LogP contribution in [0.4, 0.5) is 4.39 Å². The second-order valence-corrected chi connectivity index (χ2v) is 7.61. The molecule has 31 heavy (non-hydrogen) atoms. The molecule has 2 aromatic carbocycles. The predicted molar refractivity (Wildman–Crippen MR) is 118 cm³/mol. The topological polar surface area (TPSA) is 96.4 Å². The Labute approximate surface area is 180 Å². The van der Waals surface area contributed by atoms with Crippen molar-refractivity contribution in [3.05, 3.63) is 110 Å². The Balaban J connectivity index is 1.62. The van der Waals surface area contributed by atoms with Gasteiger partial charge in [-0.1, -0.05) is 54.2 Å². The molecule has 9 heteroatoms. The Bertz CT molecular complexity index is 1280. The molecule has 0 unspecified atom stereocenters. The van der Waals surface area contributed by atoms with Gasteiger partial charge in [0.2, 0.25) is 0 Å². The molecule has 0 aliphatic rings. The molecule has 2 heterocycles. The molecule has 2 aromatic heterocycles. The minimum Gasteiger partial charge on any atom is -0.311 e. The summed E-state index contributed by atoms with van der Waals surface area (Å²) in [5, 5.41) is 9.13. The van der Waals surface area contributed by atoms with Gasteiger partial charge in [-0.05, 0) is 29.8 Å². The fourth-order valence-corrected chi connectivity index (χ4v) is 3.79. The molecule has 156 valence electrons. The number of halogens is 1. The minimum atomic E-state index is -0.587. The number of nitrogens with one attached hydrogen (secondary N) is 2. The first-order valence-electron chi connectivity index (χ1n) is 9.45. The van der Waals surface area contributed by atoms with Crippen molar-refractivity contribution in [2.45, 2.75) is 11.6 Å². The molecule has 4 aromatic rings. The van der Waals surface area contributed by atoms with E-state index in [0.29, 0.717) is 28.1 Å². The van der Waals surface area contributed by atoms with Crippen molar-refractivity contribution in [2.75, 3.05) is 5.75 Å². The van der Waals surface area contributed by atoms with Crippen LogP contribution in [0, 0.1) is 5.82 Å². The van der Waals surface area contributed by atoms with Crippen molar-refractivity contribution in [1.29, 1.82) is 0 Å². The first-order valence-corrected chi connectivity index (χ1v) is 10.4. The summed E-state index contributed by atoms with van der Waals surface area (Å²) in [6.45, 7) is 0. The van der Waals surface area contributed by atoms with Gasteiger partial charge in [-0.15, -0.1) is 10.2 Å². The smallest absolute Gasteiger partial charge is 0.311 e. The molecule has 0 spiro atoms. The zero-order valence-electron chi connectivity index (χ0n) is 16.3. The Morgan fingerprint density at radius 1 is 1.00 bits per heavy atom. The van der Waals surface area contributed by atoms with E-state index in [2.05, 4.69) is 20.2 Å². The molecule has 2 N–H and O–H groups in total. The Morgan fingerprint density at radius 3 is 2.52 bits per heavy atom. The Hall–Kier alpha value is -3.72. The van der Waals surface area contributed by atoms with E-state index in [1.165, 1.54) is 30.0 Å². The second kappa shape index (κ2) is 9.40. The van der Waals surface area contributed by atoms with Crippen LogP contribution >= 0.6 is 11.8 Å². The van der Waals surface area contributed by atoms with Gasteiger partial charge in [-0.3, -0.25) is 14.3 Å². The van der Waals surface area contributed by atoms with Gasteiger partial charge in [-0.2, -0.15) is 0 Å². The summed E-state index contributed by atoms with van der Waals surface area (Å²) in [4.78, 5) is 27.9.